The molecule has 3 atom stereocenters. The Morgan fingerprint density at radius 1 is 1.38 bits per heavy atom. The molecular weight excluding hydrogens is 264 g/mol. The SMILES string of the molecule is Cc1cc(C)c(/C(N)=N/O)c(N2CC(C)CC(C)C2C)n1. The molecule has 1 aromatic heterocycles. The average Bonchev–Trinajstić information content (AvgIpc) is 2.41. The lowest BCUT2D eigenvalue weighted by atomic mass is 9.85. The minimum Gasteiger partial charge on any atom is -0.409 e. The lowest BCUT2D eigenvalue weighted by Gasteiger charge is -2.42. The summed E-state index contributed by atoms with van der Waals surface area (Å²) < 4.78 is 0. The summed E-state index contributed by atoms with van der Waals surface area (Å²) >= 11 is 0. The molecule has 1 fully saturated rings. The predicted octanol–water partition coefficient (Wildman–Crippen LogP) is 2.66. The van der Waals surface area contributed by atoms with Crippen molar-refractivity contribution in [3.63, 3.8) is 0 Å². The molecule has 3 unspecified atom stereocenters. The van der Waals surface area contributed by atoms with E-state index in [1.807, 2.05) is 19.9 Å². The molecular formula is C16H26N4O. The molecule has 0 radical (unpaired) electrons. The quantitative estimate of drug-likeness (QED) is 0.380. The van der Waals surface area contributed by atoms with Gasteiger partial charge in [-0.3, -0.25) is 0 Å². The number of hydrogen-bond acceptors (Lipinski definition) is 4. The largest absolute Gasteiger partial charge is 0.409 e. The van der Waals surface area contributed by atoms with Crippen molar-refractivity contribution in [3.05, 3.63) is 22.9 Å². The molecule has 0 spiro atoms. The monoisotopic (exact) mass is 290 g/mol. The third kappa shape index (κ3) is 2.96. The minimum absolute atomic E-state index is 0.132. The van der Waals surface area contributed by atoms with Gasteiger partial charge < -0.3 is 15.8 Å². The maximum atomic E-state index is 9.09. The first-order chi connectivity index (χ1) is 9.85. The molecule has 1 saturated heterocycles. The van der Waals surface area contributed by atoms with Gasteiger partial charge in [0.1, 0.15) is 5.82 Å². The number of aromatic nitrogens is 1. The van der Waals surface area contributed by atoms with E-state index < -0.39 is 0 Å². The van der Waals surface area contributed by atoms with Crippen LogP contribution in [0.1, 0.15) is 44.0 Å². The lowest BCUT2D eigenvalue weighted by molar-refractivity contribution is 0.295. The molecule has 2 rings (SSSR count). The molecule has 1 aliphatic rings. The van der Waals surface area contributed by atoms with Crippen LogP contribution in [0.2, 0.25) is 0 Å². The maximum absolute atomic E-state index is 9.09. The average molecular weight is 290 g/mol. The van der Waals surface area contributed by atoms with Crippen molar-refractivity contribution in [2.45, 2.75) is 47.1 Å². The molecule has 1 aliphatic heterocycles. The van der Waals surface area contributed by atoms with Gasteiger partial charge in [-0.2, -0.15) is 0 Å². The molecule has 5 nitrogen and oxygen atoms in total. The molecule has 0 aliphatic carbocycles. The molecule has 5 heteroatoms. The number of hydrogen-bond donors (Lipinski definition) is 2. The summed E-state index contributed by atoms with van der Waals surface area (Å²) in [6, 6.07) is 2.36. The van der Waals surface area contributed by atoms with Crippen molar-refractivity contribution < 1.29 is 5.21 Å². The zero-order valence-corrected chi connectivity index (χ0v) is 13.6. The summed E-state index contributed by atoms with van der Waals surface area (Å²) in [4.78, 5) is 7.01. The fraction of sp³-hybridized carbons (Fsp3) is 0.625. The van der Waals surface area contributed by atoms with Crippen LogP contribution in [0, 0.1) is 25.7 Å². The number of oxime groups is 1. The Kier molecular flexibility index (Phi) is 4.40. The Labute approximate surface area is 126 Å². The van der Waals surface area contributed by atoms with Crippen LogP contribution in [-0.2, 0) is 0 Å². The van der Waals surface area contributed by atoms with Crippen LogP contribution in [0.3, 0.4) is 0 Å². The topological polar surface area (TPSA) is 74.7 Å². The number of pyridine rings is 1. The summed E-state index contributed by atoms with van der Waals surface area (Å²) in [7, 11) is 0. The molecule has 0 aromatic carbocycles. The molecule has 2 heterocycles. The van der Waals surface area contributed by atoms with E-state index in [2.05, 4.69) is 30.8 Å². The minimum atomic E-state index is 0.132. The van der Waals surface area contributed by atoms with Gasteiger partial charge in [-0.05, 0) is 50.7 Å². The van der Waals surface area contributed by atoms with E-state index in [0.29, 0.717) is 17.9 Å². The van der Waals surface area contributed by atoms with Crippen LogP contribution < -0.4 is 10.6 Å². The van der Waals surface area contributed by atoms with E-state index in [1.165, 1.54) is 6.42 Å². The van der Waals surface area contributed by atoms with Gasteiger partial charge in [0.15, 0.2) is 5.84 Å². The van der Waals surface area contributed by atoms with Gasteiger partial charge in [-0.15, -0.1) is 0 Å². The van der Waals surface area contributed by atoms with Crippen molar-refractivity contribution in [2.75, 3.05) is 11.4 Å². The number of amidine groups is 1. The van der Waals surface area contributed by atoms with Crippen LogP contribution in [0.15, 0.2) is 11.2 Å². The Hall–Kier alpha value is -1.78. The highest BCUT2D eigenvalue weighted by Gasteiger charge is 2.32. The summed E-state index contributed by atoms with van der Waals surface area (Å²) in [5, 5.41) is 12.3. The first kappa shape index (κ1) is 15.6. The van der Waals surface area contributed by atoms with E-state index in [-0.39, 0.29) is 5.84 Å². The highest BCUT2D eigenvalue weighted by molar-refractivity contribution is 6.02. The first-order valence-electron chi connectivity index (χ1n) is 7.58. The Morgan fingerprint density at radius 3 is 2.67 bits per heavy atom. The van der Waals surface area contributed by atoms with Gasteiger partial charge in [0, 0.05) is 18.3 Å². The predicted molar refractivity (Wildman–Crippen MR) is 86.0 cm³/mol. The van der Waals surface area contributed by atoms with Gasteiger partial charge in [-0.1, -0.05) is 19.0 Å². The van der Waals surface area contributed by atoms with Crippen LogP contribution in [0.5, 0.6) is 0 Å². The zero-order valence-electron chi connectivity index (χ0n) is 13.6. The normalized spacial score (nSPS) is 27.0. The van der Waals surface area contributed by atoms with Gasteiger partial charge in [0.2, 0.25) is 0 Å². The molecule has 0 amide bonds. The highest BCUT2D eigenvalue weighted by atomic mass is 16.4. The van der Waals surface area contributed by atoms with Gasteiger partial charge in [0.25, 0.3) is 0 Å². The summed E-state index contributed by atoms with van der Waals surface area (Å²) in [5.74, 6) is 2.18. The van der Waals surface area contributed by atoms with E-state index >= 15 is 0 Å². The van der Waals surface area contributed by atoms with E-state index in [1.54, 1.807) is 0 Å². The van der Waals surface area contributed by atoms with Crippen molar-refractivity contribution in [1.82, 2.24) is 4.98 Å². The second-order valence-electron chi connectivity index (χ2n) is 6.48. The Bertz CT molecular complexity index is 555. The molecule has 3 N–H and O–H groups in total. The van der Waals surface area contributed by atoms with E-state index in [4.69, 9.17) is 15.9 Å². The van der Waals surface area contributed by atoms with Crippen LogP contribution in [0.25, 0.3) is 0 Å². The number of nitrogens with two attached hydrogens (primary N) is 1. The summed E-state index contributed by atoms with van der Waals surface area (Å²) in [6.45, 7) is 11.7. The molecule has 21 heavy (non-hydrogen) atoms. The number of anilines is 1. The van der Waals surface area contributed by atoms with Crippen LogP contribution >= 0.6 is 0 Å². The molecule has 0 saturated carbocycles. The van der Waals surface area contributed by atoms with Gasteiger partial charge in [-0.25, -0.2) is 4.98 Å². The molecule has 1 aromatic rings. The molecule has 0 bridgehead atoms. The highest BCUT2D eigenvalue weighted by Crippen LogP contribution is 2.33. The van der Waals surface area contributed by atoms with Crippen molar-refractivity contribution in [2.24, 2.45) is 22.7 Å². The standard InChI is InChI=1S/C16H26N4O/c1-9-6-10(2)13(5)20(8-9)16-14(15(17)19-21)11(3)7-12(4)18-16/h7,9-10,13,21H,6,8H2,1-5H3,(H2,17,19). The van der Waals surface area contributed by atoms with Crippen molar-refractivity contribution >= 4 is 11.7 Å². The second kappa shape index (κ2) is 5.92. The number of piperidine rings is 1. The maximum Gasteiger partial charge on any atom is 0.174 e. The number of nitrogens with zero attached hydrogens (tertiary/aromatic N) is 3. The van der Waals surface area contributed by atoms with Crippen molar-refractivity contribution in [1.29, 1.82) is 0 Å². The fourth-order valence-electron chi connectivity index (χ4n) is 3.39. The third-order valence-electron chi connectivity index (χ3n) is 4.56. The number of rotatable bonds is 2. The first-order valence-corrected chi connectivity index (χ1v) is 7.58. The summed E-state index contributed by atoms with van der Waals surface area (Å²) in [6.07, 6.45) is 1.22. The molecule has 116 valence electrons. The van der Waals surface area contributed by atoms with Crippen LogP contribution in [-0.4, -0.2) is 28.6 Å². The smallest absolute Gasteiger partial charge is 0.174 e. The van der Waals surface area contributed by atoms with Gasteiger partial charge in [0.05, 0.1) is 5.56 Å². The Balaban J connectivity index is 2.56. The van der Waals surface area contributed by atoms with Gasteiger partial charge >= 0.3 is 0 Å². The van der Waals surface area contributed by atoms with Crippen LogP contribution in [0.4, 0.5) is 5.82 Å². The summed E-state index contributed by atoms with van der Waals surface area (Å²) in [5.41, 5.74) is 8.59. The van der Waals surface area contributed by atoms with Crippen molar-refractivity contribution in [3.8, 4) is 0 Å². The third-order valence-corrected chi connectivity index (χ3v) is 4.56. The fourth-order valence-corrected chi connectivity index (χ4v) is 3.39. The second-order valence-corrected chi connectivity index (χ2v) is 6.48. The van der Waals surface area contributed by atoms with E-state index in [0.717, 1.165) is 29.2 Å². The van der Waals surface area contributed by atoms with E-state index in [9.17, 15) is 0 Å². The number of aryl methyl sites for hydroxylation is 2. The Morgan fingerprint density at radius 2 is 2.05 bits per heavy atom. The lowest BCUT2D eigenvalue weighted by Crippen LogP contribution is -2.47. The zero-order chi connectivity index (χ0) is 15.7.